The number of hydrogen-bond donors (Lipinski definition) is 1. The minimum atomic E-state index is -0.731. The molecule has 1 heterocycles. The third kappa shape index (κ3) is 2.63. The molecule has 0 spiro atoms. The monoisotopic (exact) mass is 268 g/mol. The number of halogens is 1. The Morgan fingerprint density at radius 1 is 1.35 bits per heavy atom. The van der Waals surface area contributed by atoms with Crippen molar-refractivity contribution in [1.82, 2.24) is 0 Å². The molecule has 90 valence electrons. The highest BCUT2D eigenvalue weighted by molar-refractivity contribution is 7.10. The van der Waals surface area contributed by atoms with Gasteiger partial charge in [0.2, 0.25) is 0 Å². The summed E-state index contributed by atoms with van der Waals surface area (Å²) in [7, 11) is 0. The van der Waals surface area contributed by atoms with E-state index in [0.29, 0.717) is 17.4 Å². The van der Waals surface area contributed by atoms with Gasteiger partial charge in [0, 0.05) is 5.56 Å². The van der Waals surface area contributed by atoms with Gasteiger partial charge < -0.3 is 9.84 Å². The lowest BCUT2D eigenvalue weighted by Gasteiger charge is -2.14. The van der Waals surface area contributed by atoms with Crippen LogP contribution in [-0.2, 0) is 0 Å². The van der Waals surface area contributed by atoms with Gasteiger partial charge in [0.15, 0.2) is 0 Å². The molecule has 1 aromatic heterocycles. The third-order valence-electron chi connectivity index (χ3n) is 2.41. The maximum atomic E-state index is 10.3. The van der Waals surface area contributed by atoms with E-state index in [1.54, 1.807) is 6.07 Å². The molecule has 0 fully saturated rings. The van der Waals surface area contributed by atoms with Crippen LogP contribution in [0, 0.1) is 0 Å². The summed E-state index contributed by atoms with van der Waals surface area (Å²) in [5, 5.41) is 12.8. The number of ether oxygens (including phenoxy) is 1. The molecule has 17 heavy (non-hydrogen) atoms. The van der Waals surface area contributed by atoms with Crippen molar-refractivity contribution in [1.29, 1.82) is 0 Å². The van der Waals surface area contributed by atoms with E-state index in [1.165, 1.54) is 11.3 Å². The van der Waals surface area contributed by atoms with Crippen LogP contribution >= 0.6 is 22.9 Å². The lowest BCUT2D eigenvalue weighted by atomic mass is 10.1. The van der Waals surface area contributed by atoms with Crippen LogP contribution in [0.2, 0.25) is 5.02 Å². The van der Waals surface area contributed by atoms with Crippen LogP contribution in [-0.4, -0.2) is 11.7 Å². The Bertz CT molecular complexity index is 496. The molecule has 1 unspecified atom stereocenters. The molecule has 0 aliphatic heterocycles. The topological polar surface area (TPSA) is 29.5 Å². The van der Waals surface area contributed by atoms with Gasteiger partial charge in [0.05, 0.1) is 16.5 Å². The van der Waals surface area contributed by atoms with Crippen molar-refractivity contribution in [2.45, 2.75) is 13.0 Å². The van der Waals surface area contributed by atoms with Gasteiger partial charge >= 0.3 is 0 Å². The SMILES string of the molecule is CCOc1ccccc1C(O)c1sccc1Cl. The molecule has 4 heteroatoms. The number of hydrogen-bond acceptors (Lipinski definition) is 3. The van der Waals surface area contributed by atoms with Gasteiger partial charge in [-0.3, -0.25) is 0 Å². The number of thiophene rings is 1. The van der Waals surface area contributed by atoms with E-state index in [9.17, 15) is 5.11 Å². The molecule has 0 saturated heterocycles. The number of rotatable bonds is 4. The van der Waals surface area contributed by atoms with Gasteiger partial charge in [-0.1, -0.05) is 29.8 Å². The maximum Gasteiger partial charge on any atom is 0.125 e. The van der Waals surface area contributed by atoms with Crippen LogP contribution in [0.15, 0.2) is 35.7 Å². The molecule has 0 aliphatic carbocycles. The zero-order chi connectivity index (χ0) is 12.3. The van der Waals surface area contributed by atoms with E-state index in [-0.39, 0.29) is 0 Å². The van der Waals surface area contributed by atoms with Gasteiger partial charge in [-0.15, -0.1) is 11.3 Å². The van der Waals surface area contributed by atoms with Crippen molar-refractivity contribution in [3.63, 3.8) is 0 Å². The average molecular weight is 269 g/mol. The van der Waals surface area contributed by atoms with Crippen LogP contribution in [0.25, 0.3) is 0 Å². The Balaban J connectivity index is 2.37. The van der Waals surface area contributed by atoms with Crippen LogP contribution in [0.5, 0.6) is 5.75 Å². The van der Waals surface area contributed by atoms with Crippen molar-refractivity contribution in [2.24, 2.45) is 0 Å². The fourth-order valence-corrected chi connectivity index (χ4v) is 2.80. The van der Waals surface area contributed by atoms with Gasteiger partial charge in [-0.25, -0.2) is 0 Å². The summed E-state index contributed by atoms with van der Waals surface area (Å²) in [6.07, 6.45) is -0.731. The summed E-state index contributed by atoms with van der Waals surface area (Å²) in [6.45, 7) is 2.49. The molecule has 2 nitrogen and oxygen atoms in total. The number of benzene rings is 1. The normalized spacial score (nSPS) is 12.4. The predicted octanol–water partition coefficient (Wildman–Crippen LogP) is 3.88. The van der Waals surface area contributed by atoms with Gasteiger partial charge in [0.1, 0.15) is 11.9 Å². The van der Waals surface area contributed by atoms with E-state index < -0.39 is 6.10 Å². The molecule has 0 amide bonds. The minimum Gasteiger partial charge on any atom is -0.493 e. The molecule has 1 atom stereocenters. The molecule has 2 rings (SSSR count). The highest BCUT2D eigenvalue weighted by Gasteiger charge is 2.18. The zero-order valence-corrected chi connectivity index (χ0v) is 11.0. The Morgan fingerprint density at radius 2 is 2.12 bits per heavy atom. The van der Waals surface area contributed by atoms with E-state index in [1.807, 2.05) is 36.6 Å². The Morgan fingerprint density at radius 3 is 2.76 bits per heavy atom. The number of aliphatic hydroxyl groups is 1. The van der Waals surface area contributed by atoms with E-state index >= 15 is 0 Å². The second-order valence-electron chi connectivity index (χ2n) is 3.51. The molecule has 0 aliphatic rings. The predicted molar refractivity (Wildman–Crippen MR) is 71.0 cm³/mol. The number of aliphatic hydroxyl groups excluding tert-OH is 1. The fraction of sp³-hybridized carbons (Fsp3) is 0.231. The average Bonchev–Trinajstić information content (AvgIpc) is 2.76. The van der Waals surface area contributed by atoms with Crippen LogP contribution < -0.4 is 4.74 Å². The van der Waals surface area contributed by atoms with Crippen molar-refractivity contribution >= 4 is 22.9 Å². The van der Waals surface area contributed by atoms with Crippen molar-refractivity contribution in [3.05, 3.63) is 51.2 Å². The first kappa shape index (κ1) is 12.4. The molecular weight excluding hydrogens is 256 g/mol. The van der Waals surface area contributed by atoms with Crippen molar-refractivity contribution < 1.29 is 9.84 Å². The van der Waals surface area contributed by atoms with E-state index in [0.717, 1.165) is 10.4 Å². The third-order valence-corrected chi connectivity index (χ3v) is 3.82. The Labute approximate surface area is 109 Å². The summed E-state index contributed by atoms with van der Waals surface area (Å²) in [5.74, 6) is 0.701. The standard InChI is InChI=1S/C13H13ClO2S/c1-2-16-11-6-4-3-5-9(11)12(15)13-10(14)7-8-17-13/h3-8,12,15H,2H2,1H3. The number of para-hydroxylation sites is 1. The first-order valence-electron chi connectivity index (χ1n) is 5.36. The van der Waals surface area contributed by atoms with Crippen molar-refractivity contribution in [3.8, 4) is 5.75 Å². The van der Waals surface area contributed by atoms with E-state index in [4.69, 9.17) is 16.3 Å². The molecule has 1 N–H and O–H groups in total. The van der Waals surface area contributed by atoms with Crippen LogP contribution in [0.1, 0.15) is 23.5 Å². The van der Waals surface area contributed by atoms with Crippen LogP contribution in [0.4, 0.5) is 0 Å². The molecule has 1 aromatic carbocycles. The molecule has 0 saturated carbocycles. The Kier molecular flexibility index (Phi) is 4.05. The fourth-order valence-electron chi connectivity index (χ4n) is 1.64. The first-order chi connectivity index (χ1) is 8.24. The van der Waals surface area contributed by atoms with Gasteiger partial charge in [0.25, 0.3) is 0 Å². The lowest BCUT2D eigenvalue weighted by Crippen LogP contribution is -2.02. The lowest BCUT2D eigenvalue weighted by molar-refractivity contribution is 0.215. The largest absolute Gasteiger partial charge is 0.493 e. The highest BCUT2D eigenvalue weighted by Crippen LogP contribution is 2.36. The second-order valence-corrected chi connectivity index (χ2v) is 4.86. The quantitative estimate of drug-likeness (QED) is 0.912. The smallest absolute Gasteiger partial charge is 0.125 e. The van der Waals surface area contributed by atoms with Gasteiger partial charge in [-0.2, -0.15) is 0 Å². The summed E-state index contributed by atoms with van der Waals surface area (Å²) >= 11 is 7.47. The molecular formula is C13H13ClO2S. The summed E-state index contributed by atoms with van der Waals surface area (Å²) in [5.41, 5.74) is 0.749. The highest BCUT2D eigenvalue weighted by atomic mass is 35.5. The molecule has 0 bridgehead atoms. The molecule has 0 radical (unpaired) electrons. The summed E-state index contributed by atoms with van der Waals surface area (Å²) in [4.78, 5) is 0.749. The van der Waals surface area contributed by atoms with Crippen molar-refractivity contribution in [2.75, 3.05) is 6.61 Å². The van der Waals surface area contributed by atoms with Gasteiger partial charge in [-0.05, 0) is 24.4 Å². The van der Waals surface area contributed by atoms with Crippen LogP contribution in [0.3, 0.4) is 0 Å². The Hall–Kier alpha value is -1.03. The first-order valence-corrected chi connectivity index (χ1v) is 6.62. The summed E-state index contributed by atoms with van der Waals surface area (Å²) < 4.78 is 5.50. The van der Waals surface area contributed by atoms with E-state index in [2.05, 4.69) is 0 Å². The maximum absolute atomic E-state index is 10.3. The minimum absolute atomic E-state index is 0.571. The second kappa shape index (κ2) is 5.54. The zero-order valence-electron chi connectivity index (χ0n) is 9.39. The molecule has 2 aromatic rings. The summed E-state index contributed by atoms with van der Waals surface area (Å²) in [6, 6.07) is 9.25.